The number of hydrogen-bond donors (Lipinski definition) is 1. The summed E-state index contributed by atoms with van der Waals surface area (Å²) in [6.45, 7) is 4.93. The van der Waals surface area contributed by atoms with Crippen LogP contribution in [-0.4, -0.2) is 43.9 Å². The predicted octanol–water partition coefficient (Wildman–Crippen LogP) is 1.88. The third-order valence-corrected chi connectivity index (χ3v) is 5.63. The number of amides is 1. The molecule has 3 rings (SSSR count). The van der Waals surface area contributed by atoms with Gasteiger partial charge in [-0.25, -0.2) is 13.2 Å². The Morgan fingerprint density at radius 1 is 1.36 bits per heavy atom. The molecule has 2 aromatic rings. The molecule has 1 aliphatic rings. The van der Waals surface area contributed by atoms with E-state index in [1.54, 1.807) is 32.0 Å². The fraction of sp³-hybridized carbons (Fsp3) is 0.389. The van der Waals surface area contributed by atoms with Crippen molar-refractivity contribution in [2.45, 2.75) is 39.3 Å². The summed E-state index contributed by atoms with van der Waals surface area (Å²) in [5.74, 6) is -0.444. The minimum absolute atomic E-state index is 0.230. The first kappa shape index (κ1) is 19.9. The summed E-state index contributed by atoms with van der Waals surface area (Å²) in [6, 6.07) is 5.99. The Morgan fingerprint density at radius 2 is 2.07 bits per heavy atom. The lowest BCUT2D eigenvalue weighted by Crippen LogP contribution is -2.34. The minimum Gasteiger partial charge on any atom is -0.449 e. The van der Waals surface area contributed by atoms with E-state index in [0.717, 1.165) is 11.8 Å². The molecular formula is C18H21N3O6S. The molecule has 2 heterocycles. The highest BCUT2D eigenvalue weighted by molar-refractivity contribution is 7.92. The van der Waals surface area contributed by atoms with E-state index in [1.807, 2.05) is 0 Å². The van der Waals surface area contributed by atoms with Gasteiger partial charge < -0.3 is 14.6 Å². The van der Waals surface area contributed by atoms with Crippen LogP contribution in [0.3, 0.4) is 0 Å². The molecule has 0 fully saturated rings. The van der Waals surface area contributed by atoms with Crippen LogP contribution in [0, 0.1) is 6.92 Å². The number of benzene rings is 1. The van der Waals surface area contributed by atoms with Crippen molar-refractivity contribution in [1.82, 2.24) is 5.16 Å². The predicted molar refractivity (Wildman–Crippen MR) is 102 cm³/mol. The molecule has 0 saturated heterocycles. The van der Waals surface area contributed by atoms with Crippen LogP contribution < -0.4 is 9.62 Å². The molecule has 10 heteroatoms. The second-order valence-electron chi connectivity index (χ2n) is 6.82. The molecule has 2 atom stereocenters. The Balaban J connectivity index is 1.70. The van der Waals surface area contributed by atoms with Crippen molar-refractivity contribution < 1.29 is 27.3 Å². The number of rotatable bonds is 5. The molecule has 0 radical (unpaired) electrons. The molecule has 0 saturated carbocycles. The molecule has 9 nitrogen and oxygen atoms in total. The highest BCUT2D eigenvalue weighted by Gasteiger charge is 2.33. The molecule has 0 spiro atoms. The van der Waals surface area contributed by atoms with Crippen molar-refractivity contribution in [2.75, 3.05) is 15.9 Å². The monoisotopic (exact) mass is 407 g/mol. The number of sulfonamides is 1. The zero-order valence-corrected chi connectivity index (χ0v) is 16.7. The Morgan fingerprint density at radius 3 is 2.68 bits per heavy atom. The average molecular weight is 407 g/mol. The van der Waals surface area contributed by atoms with Gasteiger partial charge in [0.1, 0.15) is 5.76 Å². The molecule has 28 heavy (non-hydrogen) atoms. The van der Waals surface area contributed by atoms with Crippen LogP contribution in [0.5, 0.6) is 0 Å². The van der Waals surface area contributed by atoms with Crippen LogP contribution >= 0.6 is 0 Å². The maximum absolute atomic E-state index is 12.4. The van der Waals surface area contributed by atoms with Gasteiger partial charge in [0.05, 0.1) is 17.5 Å². The zero-order chi connectivity index (χ0) is 20.6. The molecule has 0 bridgehead atoms. The van der Waals surface area contributed by atoms with Gasteiger partial charge >= 0.3 is 5.97 Å². The Kier molecular flexibility index (Phi) is 5.16. The molecule has 1 aliphatic heterocycles. The maximum atomic E-state index is 12.4. The van der Waals surface area contributed by atoms with Crippen LogP contribution in [0.25, 0.3) is 0 Å². The second-order valence-corrected chi connectivity index (χ2v) is 8.67. The lowest BCUT2D eigenvalue weighted by Gasteiger charge is -2.22. The van der Waals surface area contributed by atoms with Crippen molar-refractivity contribution in [2.24, 2.45) is 0 Å². The number of carbonyl (C=O) groups excluding carboxylic acids is 2. The third kappa shape index (κ3) is 4.01. The van der Waals surface area contributed by atoms with Crippen molar-refractivity contribution in [3.8, 4) is 0 Å². The standard InChI is InChI=1S/C18H21N3O6S/c1-10-7-14-9-13(5-6-15(14)21(10)28(4,24)25)18(23)26-12(3)17(22)19-16-8-11(2)27-20-16/h5-6,8-10,12H,7H2,1-4H3,(H,19,20,22)/t10-,12-/m1/s1. The number of ether oxygens (including phenoxy) is 1. The third-order valence-electron chi connectivity index (χ3n) is 4.36. The van der Waals surface area contributed by atoms with Gasteiger partial charge in [-0.2, -0.15) is 0 Å². The Labute approximate surface area is 162 Å². The van der Waals surface area contributed by atoms with Crippen LogP contribution in [0.15, 0.2) is 28.8 Å². The summed E-state index contributed by atoms with van der Waals surface area (Å²) in [6.07, 6.45) is 0.590. The summed E-state index contributed by atoms with van der Waals surface area (Å²) in [5.41, 5.74) is 1.54. The molecule has 1 N–H and O–H groups in total. The smallest absolute Gasteiger partial charge is 0.338 e. The van der Waals surface area contributed by atoms with Crippen LogP contribution in [-0.2, 0) is 26.0 Å². The van der Waals surface area contributed by atoms with Gasteiger partial charge in [0.25, 0.3) is 5.91 Å². The van der Waals surface area contributed by atoms with E-state index in [2.05, 4.69) is 10.5 Å². The summed E-state index contributed by atoms with van der Waals surface area (Å²) in [5, 5.41) is 6.14. The maximum Gasteiger partial charge on any atom is 0.338 e. The number of anilines is 2. The second kappa shape index (κ2) is 7.27. The largest absolute Gasteiger partial charge is 0.449 e. The molecule has 1 amide bonds. The van der Waals surface area contributed by atoms with E-state index in [1.165, 1.54) is 17.3 Å². The van der Waals surface area contributed by atoms with Crippen LogP contribution in [0.1, 0.15) is 35.5 Å². The molecule has 0 unspecified atom stereocenters. The van der Waals surface area contributed by atoms with Gasteiger partial charge in [0.2, 0.25) is 10.0 Å². The van der Waals surface area contributed by atoms with Crippen LogP contribution in [0.2, 0.25) is 0 Å². The summed E-state index contributed by atoms with van der Waals surface area (Å²) >= 11 is 0. The molecule has 1 aromatic carbocycles. The topological polar surface area (TPSA) is 119 Å². The normalized spacial score (nSPS) is 17.1. The first-order chi connectivity index (χ1) is 13.1. The van der Waals surface area contributed by atoms with E-state index in [4.69, 9.17) is 9.26 Å². The molecular weight excluding hydrogens is 386 g/mol. The highest BCUT2D eigenvalue weighted by Crippen LogP contribution is 2.34. The zero-order valence-electron chi connectivity index (χ0n) is 15.9. The van der Waals surface area contributed by atoms with Gasteiger partial charge in [-0.1, -0.05) is 5.16 Å². The minimum atomic E-state index is -3.41. The Hall–Kier alpha value is -2.88. The van der Waals surface area contributed by atoms with E-state index in [0.29, 0.717) is 17.9 Å². The number of hydrogen-bond acceptors (Lipinski definition) is 7. The highest BCUT2D eigenvalue weighted by atomic mass is 32.2. The number of nitrogens with zero attached hydrogens (tertiary/aromatic N) is 2. The number of aromatic nitrogens is 1. The first-order valence-corrected chi connectivity index (χ1v) is 10.5. The molecule has 150 valence electrons. The van der Waals surface area contributed by atoms with E-state index in [-0.39, 0.29) is 17.4 Å². The fourth-order valence-electron chi connectivity index (χ4n) is 3.17. The van der Waals surface area contributed by atoms with Gasteiger partial charge in [-0.15, -0.1) is 0 Å². The van der Waals surface area contributed by atoms with Crippen molar-refractivity contribution in [1.29, 1.82) is 0 Å². The van der Waals surface area contributed by atoms with Crippen molar-refractivity contribution in [3.63, 3.8) is 0 Å². The SMILES string of the molecule is Cc1cc(NC(=O)[C@@H](C)OC(=O)c2ccc3c(c2)C[C@@H](C)N3S(C)(=O)=O)no1. The van der Waals surface area contributed by atoms with E-state index >= 15 is 0 Å². The number of esters is 1. The Bertz CT molecular complexity index is 1030. The van der Waals surface area contributed by atoms with Crippen molar-refractivity contribution >= 4 is 33.4 Å². The molecule has 1 aromatic heterocycles. The van der Waals surface area contributed by atoms with Gasteiger partial charge in [-0.05, 0) is 51.0 Å². The lowest BCUT2D eigenvalue weighted by atomic mass is 10.1. The van der Waals surface area contributed by atoms with Gasteiger partial charge in [-0.3, -0.25) is 9.10 Å². The molecule has 0 aliphatic carbocycles. The number of aryl methyl sites for hydroxylation is 1. The fourth-order valence-corrected chi connectivity index (χ4v) is 4.43. The summed E-state index contributed by atoms with van der Waals surface area (Å²) in [7, 11) is -3.41. The van der Waals surface area contributed by atoms with E-state index < -0.39 is 28.0 Å². The van der Waals surface area contributed by atoms with Gasteiger partial charge in [0.15, 0.2) is 11.9 Å². The first-order valence-electron chi connectivity index (χ1n) is 8.63. The van der Waals surface area contributed by atoms with Crippen molar-refractivity contribution in [3.05, 3.63) is 41.2 Å². The van der Waals surface area contributed by atoms with E-state index in [9.17, 15) is 18.0 Å². The van der Waals surface area contributed by atoms with Gasteiger partial charge in [0, 0.05) is 12.1 Å². The number of carbonyl (C=O) groups is 2. The summed E-state index contributed by atoms with van der Waals surface area (Å²) < 4.78 is 35.4. The average Bonchev–Trinajstić information content (AvgIpc) is 3.15. The van der Waals surface area contributed by atoms with Crippen LogP contribution in [0.4, 0.5) is 11.5 Å². The summed E-state index contributed by atoms with van der Waals surface area (Å²) in [4.78, 5) is 24.5. The number of nitrogens with one attached hydrogen (secondary N) is 1. The lowest BCUT2D eigenvalue weighted by molar-refractivity contribution is -0.123. The quantitative estimate of drug-likeness (QED) is 0.752. The number of fused-ring (bicyclic) bond motifs is 1.